The van der Waals surface area contributed by atoms with Gasteiger partial charge in [-0.1, -0.05) is 35.5 Å². The van der Waals surface area contributed by atoms with Crippen LogP contribution in [-0.4, -0.2) is 40.7 Å². The molecule has 116 valence electrons. The Labute approximate surface area is 129 Å². The maximum atomic E-state index is 11.9. The fourth-order valence-corrected chi connectivity index (χ4v) is 2.73. The first-order chi connectivity index (χ1) is 10.8. The monoisotopic (exact) mass is 300 g/mol. The number of carbonyl (C=O) groups excluding carboxylic acids is 1. The molecule has 3 rings (SSSR count). The van der Waals surface area contributed by atoms with Gasteiger partial charge in [-0.2, -0.15) is 4.98 Å². The highest BCUT2D eigenvalue weighted by Gasteiger charge is 2.28. The SMILES string of the molecule is CCNC(=O)N1CCC[C@H](c2nc(-c3ccccc3)no2)C1. The molecule has 1 atom stereocenters. The summed E-state index contributed by atoms with van der Waals surface area (Å²) in [6.07, 6.45) is 1.91. The number of rotatable bonds is 3. The van der Waals surface area contributed by atoms with Crippen molar-refractivity contribution in [3.63, 3.8) is 0 Å². The molecule has 6 nitrogen and oxygen atoms in total. The number of carbonyl (C=O) groups is 1. The number of hydrogen-bond donors (Lipinski definition) is 1. The van der Waals surface area contributed by atoms with Crippen LogP contribution in [0.1, 0.15) is 31.6 Å². The van der Waals surface area contributed by atoms with Crippen LogP contribution in [0.3, 0.4) is 0 Å². The van der Waals surface area contributed by atoms with Gasteiger partial charge in [0.1, 0.15) is 0 Å². The molecule has 0 saturated carbocycles. The number of likely N-dealkylation sites (tertiary alicyclic amines) is 1. The topological polar surface area (TPSA) is 71.3 Å². The first kappa shape index (κ1) is 14.6. The summed E-state index contributed by atoms with van der Waals surface area (Å²) in [4.78, 5) is 18.3. The van der Waals surface area contributed by atoms with E-state index in [0.717, 1.165) is 24.9 Å². The molecule has 2 aromatic rings. The molecule has 2 amide bonds. The third kappa shape index (κ3) is 3.10. The van der Waals surface area contributed by atoms with Gasteiger partial charge in [0.15, 0.2) is 0 Å². The fraction of sp³-hybridized carbons (Fsp3) is 0.438. The Kier molecular flexibility index (Phi) is 4.37. The molecule has 22 heavy (non-hydrogen) atoms. The lowest BCUT2D eigenvalue weighted by Gasteiger charge is -2.30. The first-order valence-electron chi connectivity index (χ1n) is 7.69. The van der Waals surface area contributed by atoms with Crippen LogP contribution >= 0.6 is 0 Å². The molecule has 6 heteroatoms. The summed E-state index contributed by atoms with van der Waals surface area (Å²) in [5.74, 6) is 1.33. The second kappa shape index (κ2) is 6.60. The van der Waals surface area contributed by atoms with Crippen LogP contribution in [0, 0.1) is 0 Å². The normalized spacial score (nSPS) is 18.2. The minimum Gasteiger partial charge on any atom is -0.339 e. The van der Waals surface area contributed by atoms with Crippen molar-refractivity contribution in [3.8, 4) is 11.4 Å². The lowest BCUT2D eigenvalue weighted by atomic mass is 9.98. The zero-order chi connectivity index (χ0) is 15.4. The van der Waals surface area contributed by atoms with Crippen LogP contribution in [-0.2, 0) is 0 Å². The molecule has 1 aromatic heterocycles. The van der Waals surface area contributed by atoms with Crippen molar-refractivity contribution in [3.05, 3.63) is 36.2 Å². The molecule has 1 saturated heterocycles. The van der Waals surface area contributed by atoms with Crippen molar-refractivity contribution in [2.75, 3.05) is 19.6 Å². The Bertz CT molecular complexity index is 626. The van der Waals surface area contributed by atoms with Crippen molar-refractivity contribution in [2.24, 2.45) is 0 Å². The molecule has 0 radical (unpaired) electrons. The Morgan fingerprint density at radius 1 is 1.41 bits per heavy atom. The van der Waals surface area contributed by atoms with Gasteiger partial charge in [-0.3, -0.25) is 0 Å². The van der Waals surface area contributed by atoms with E-state index in [0.29, 0.717) is 24.8 Å². The van der Waals surface area contributed by atoms with Crippen LogP contribution in [0.25, 0.3) is 11.4 Å². The summed E-state index contributed by atoms with van der Waals surface area (Å²) in [6.45, 7) is 3.96. The molecular weight excluding hydrogens is 280 g/mol. The van der Waals surface area contributed by atoms with Crippen LogP contribution in [0.4, 0.5) is 4.79 Å². The minimum atomic E-state index is -0.0185. The van der Waals surface area contributed by atoms with Crippen molar-refractivity contribution in [2.45, 2.75) is 25.7 Å². The summed E-state index contributed by atoms with van der Waals surface area (Å²) < 4.78 is 5.43. The molecule has 0 spiro atoms. The molecule has 0 aliphatic carbocycles. The molecule has 1 fully saturated rings. The number of urea groups is 1. The van der Waals surface area contributed by atoms with E-state index < -0.39 is 0 Å². The maximum Gasteiger partial charge on any atom is 0.317 e. The van der Waals surface area contributed by atoms with E-state index >= 15 is 0 Å². The largest absolute Gasteiger partial charge is 0.339 e. The fourth-order valence-electron chi connectivity index (χ4n) is 2.73. The lowest BCUT2D eigenvalue weighted by Crippen LogP contribution is -2.44. The molecule has 2 heterocycles. The van der Waals surface area contributed by atoms with Crippen molar-refractivity contribution >= 4 is 6.03 Å². The standard InChI is InChI=1S/C16H20N4O2/c1-2-17-16(21)20-10-6-9-13(11-20)15-18-14(19-22-15)12-7-4-3-5-8-12/h3-5,7-8,13H,2,6,9-11H2,1H3,(H,17,21)/t13-/m0/s1. The summed E-state index contributed by atoms with van der Waals surface area (Å²) in [7, 11) is 0. The predicted molar refractivity (Wildman–Crippen MR) is 82.4 cm³/mol. The summed E-state index contributed by atoms with van der Waals surface area (Å²) >= 11 is 0. The van der Waals surface area contributed by atoms with Crippen LogP contribution in [0.5, 0.6) is 0 Å². The Hall–Kier alpha value is -2.37. The summed E-state index contributed by atoms with van der Waals surface area (Å²) in [5.41, 5.74) is 0.939. The average Bonchev–Trinajstić information content (AvgIpc) is 3.06. The Balaban J connectivity index is 1.72. The number of amides is 2. The van der Waals surface area contributed by atoms with Crippen molar-refractivity contribution in [1.29, 1.82) is 0 Å². The summed E-state index contributed by atoms with van der Waals surface area (Å²) in [6, 6.07) is 9.74. The molecule has 0 bridgehead atoms. The highest BCUT2D eigenvalue weighted by molar-refractivity contribution is 5.74. The van der Waals surface area contributed by atoms with E-state index in [9.17, 15) is 4.79 Å². The van der Waals surface area contributed by atoms with Gasteiger partial charge in [0.25, 0.3) is 0 Å². The van der Waals surface area contributed by atoms with Gasteiger partial charge >= 0.3 is 6.03 Å². The van der Waals surface area contributed by atoms with E-state index in [-0.39, 0.29) is 11.9 Å². The number of piperidine rings is 1. The lowest BCUT2D eigenvalue weighted by molar-refractivity contribution is 0.172. The first-order valence-corrected chi connectivity index (χ1v) is 7.69. The van der Waals surface area contributed by atoms with E-state index in [4.69, 9.17) is 4.52 Å². The second-order valence-electron chi connectivity index (χ2n) is 5.44. The minimum absolute atomic E-state index is 0.0185. The van der Waals surface area contributed by atoms with Gasteiger partial charge in [-0.05, 0) is 19.8 Å². The molecule has 1 aliphatic rings. The smallest absolute Gasteiger partial charge is 0.317 e. The number of nitrogens with zero attached hydrogens (tertiary/aromatic N) is 3. The third-order valence-corrected chi connectivity index (χ3v) is 3.86. The highest BCUT2D eigenvalue weighted by Crippen LogP contribution is 2.27. The molecule has 1 aliphatic heterocycles. The number of hydrogen-bond acceptors (Lipinski definition) is 4. The number of nitrogens with one attached hydrogen (secondary N) is 1. The van der Waals surface area contributed by atoms with E-state index in [1.807, 2.05) is 42.2 Å². The van der Waals surface area contributed by atoms with Crippen LogP contribution in [0.15, 0.2) is 34.9 Å². The maximum absolute atomic E-state index is 11.9. The van der Waals surface area contributed by atoms with Crippen molar-refractivity contribution in [1.82, 2.24) is 20.4 Å². The third-order valence-electron chi connectivity index (χ3n) is 3.86. The molecule has 0 unspecified atom stereocenters. The van der Waals surface area contributed by atoms with Gasteiger partial charge in [-0.15, -0.1) is 0 Å². The van der Waals surface area contributed by atoms with Crippen LogP contribution in [0.2, 0.25) is 0 Å². The zero-order valence-corrected chi connectivity index (χ0v) is 12.7. The van der Waals surface area contributed by atoms with Crippen LogP contribution < -0.4 is 5.32 Å². The zero-order valence-electron chi connectivity index (χ0n) is 12.7. The molecular formula is C16H20N4O2. The Morgan fingerprint density at radius 3 is 3.00 bits per heavy atom. The number of benzene rings is 1. The second-order valence-corrected chi connectivity index (χ2v) is 5.44. The quantitative estimate of drug-likeness (QED) is 0.946. The van der Waals surface area contributed by atoms with E-state index in [2.05, 4.69) is 15.5 Å². The highest BCUT2D eigenvalue weighted by atomic mass is 16.5. The molecule has 1 N–H and O–H groups in total. The van der Waals surface area contributed by atoms with E-state index in [1.54, 1.807) is 0 Å². The summed E-state index contributed by atoms with van der Waals surface area (Å²) in [5, 5.41) is 6.90. The Morgan fingerprint density at radius 2 is 2.23 bits per heavy atom. The van der Waals surface area contributed by atoms with Gasteiger partial charge in [0, 0.05) is 25.2 Å². The van der Waals surface area contributed by atoms with Gasteiger partial charge in [-0.25, -0.2) is 4.79 Å². The number of aromatic nitrogens is 2. The molecule has 1 aromatic carbocycles. The van der Waals surface area contributed by atoms with Gasteiger partial charge < -0.3 is 14.7 Å². The predicted octanol–water partition coefficient (Wildman–Crippen LogP) is 2.65. The van der Waals surface area contributed by atoms with Gasteiger partial charge in [0.2, 0.25) is 11.7 Å². The van der Waals surface area contributed by atoms with Crippen molar-refractivity contribution < 1.29 is 9.32 Å². The van der Waals surface area contributed by atoms with Gasteiger partial charge in [0.05, 0.1) is 5.92 Å². The average molecular weight is 300 g/mol. The van der Waals surface area contributed by atoms with E-state index in [1.165, 1.54) is 0 Å².